The molecule has 1 heterocycles. The molecule has 2 aliphatic rings. The van der Waals surface area contributed by atoms with E-state index >= 15 is 0 Å². The summed E-state index contributed by atoms with van der Waals surface area (Å²) in [7, 11) is 0. The average molecular weight is 368 g/mol. The van der Waals surface area contributed by atoms with E-state index in [4.69, 9.17) is 16.3 Å². The van der Waals surface area contributed by atoms with Crippen molar-refractivity contribution in [1.29, 1.82) is 0 Å². The van der Waals surface area contributed by atoms with Crippen LogP contribution in [0.25, 0.3) is 0 Å². The molecule has 0 radical (unpaired) electrons. The van der Waals surface area contributed by atoms with Crippen LogP contribution >= 0.6 is 11.6 Å². The first kappa shape index (κ1) is 17.9. The summed E-state index contributed by atoms with van der Waals surface area (Å²) < 4.78 is 18.2. The predicted molar refractivity (Wildman–Crippen MR) is 88.0 cm³/mol. The Kier molecular flexibility index (Phi) is 5.08. The largest absolute Gasteiger partial charge is 0.459 e. The number of halogens is 2. The topological polar surface area (TPSA) is 63.7 Å². The van der Waals surface area contributed by atoms with Gasteiger partial charge in [-0.05, 0) is 31.9 Å². The summed E-state index contributed by atoms with van der Waals surface area (Å²) in [4.78, 5) is 38.3. The third kappa shape index (κ3) is 3.40. The molecule has 3 rings (SSSR count). The van der Waals surface area contributed by atoms with Gasteiger partial charge in [0.15, 0.2) is 0 Å². The number of esters is 1. The molecule has 25 heavy (non-hydrogen) atoms. The molecule has 2 unspecified atom stereocenters. The minimum atomic E-state index is -0.982. The van der Waals surface area contributed by atoms with Crippen molar-refractivity contribution in [3.8, 4) is 0 Å². The second kappa shape index (κ2) is 7.12. The van der Waals surface area contributed by atoms with Crippen LogP contribution in [0, 0.1) is 17.7 Å². The SMILES string of the molecule is C[C@@H](C(=O)OCc1ccc(F)cc1Cl)N1C(=O)C2CCCCC2C1=O. The molecular weight excluding hydrogens is 349 g/mol. The highest BCUT2D eigenvalue weighted by molar-refractivity contribution is 6.31. The van der Waals surface area contributed by atoms with Crippen molar-refractivity contribution in [3.63, 3.8) is 0 Å². The summed E-state index contributed by atoms with van der Waals surface area (Å²) in [6, 6.07) is 2.80. The van der Waals surface area contributed by atoms with Gasteiger partial charge in [0.1, 0.15) is 18.5 Å². The van der Waals surface area contributed by atoms with E-state index < -0.39 is 17.8 Å². The summed E-state index contributed by atoms with van der Waals surface area (Å²) in [6.07, 6.45) is 3.24. The molecular formula is C18H19ClFNO4. The van der Waals surface area contributed by atoms with E-state index in [1.807, 2.05) is 0 Å². The second-order valence-corrected chi connectivity index (χ2v) is 6.97. The van der Waals surface area contributed by atoms with E-state index in [-0.39, 0.29) is 35.3 Å². The van der Waals surface area contributed by atoms with Gasteiger partial charge in [-0.25, -0.2) is 9.18 Å². The van der Waals surface area contributed by atoms with Crippen LogP contribution in [0.3, 0.4) is 0 Å². The average Bonchev–Trinajstić information content (AvgIpc) is 2.85. The van der Waals surface area contributed by atoms with E-state index in [2.05, 4.69) is 0 Å². The summed E-state index contributed by atoms with van der Waals surface area (Å²) >= 11 is 5.90. The minimum Gasteiger partial charge on any atom is -0.459 e. The van der Waals surface area contributed by atoms with Gasteiger partial charge in [0.2, 0.25) is 11.8 Å². The van der Waals surface area contributed by atoms with E-state index in [0.717, 1.165) is 23.8 Å². The summed E-state index contributed by atoms with van der Waals surface area (Å²) in [5.41, 5.74) is 0.455. The van der Waals surface area contributed by atoms with Gasteiger partial charge in [-0.3, -0.25) is 14.5 Å². The molecule has 134 valence electrons. The molecule has 0 aromatic heterocycles. The smallest absolute Gasteiger partial charge is 0.329 e. The number of fused-ring (bicyclic) bond motifs is 1. The lowest BCUT2D eigenvalue weighted by molar-refractivity contribution is -0.159. The summed E-state index contributed by atoms with van der Waals surface area (Å²) in [6.45, 7) is 1.34. The number of carbonyl (C=O) groups is 3. The highest BCUT2D eigenvalue weighted by Gasteiger charge is 2.51. The van der Waals surface area contributed by atoms with Crippen molar-refractivity contribution in [2.24, 2.45) is 11.8 Å². The molecule has 1 aromatic rings. The Morgan fingerprint density at radius 1 is 1.28 bits per heavy atom. The highest BCUT2D eigenvalue weighted by atomic mass is 35.5. The van der Waals surface area contributed by atoms with Gasteiger partial charge in [-0.2, -0.15) is 0 Å². The molecule has 0 spiro atoms. The third-order valence-corrected chi connectivity index (χ3v) is 5.34. The second-order valence-electron chi connectivity index (χ2n) is 6.56. The molecule has 2 amide bonds. The van der Waals surface area contributed by atoms with Crippen LogP contribution in [-0.4, -0.2) is 28.7 Å². The number of amides is 2. The number of hydrogen-bond donors (Lipinski definition) is 0. The lowest BCUT2D eigenvalue weighted by atomic mass is 9.81. The van der Waals surface area contributed by atoms with Crippen LogP contribution in [0.2, 0.25) is 5.02 Å². The van der Waals surface area contributed by atoms with E-state index in [0.29, 0.717) is 18.4 Å². The van der Waals surface area contributed by atoms with Crippen molar-refractivity contribution in [2.45, 2.75) is 45.3 Å². The number of rotatable bonds is 4. The number of carbonyl (C=O) groups excluding carboxylic acids is 3. The Labute approximate surface area is 150 Å². The van der Waals surface area contributed by atoms with Crippen molar-refractivity contribution >= 4 is 29.4 Å². The molecule has 5 nitrogen and oxygen atoms in total. The van der Waals surface area contributed by atoms with Gasteiger partial charge >= 0.3 is 5.97 Å². The van der Waals surface area contributed by atoms with Gasteiger partial charge in [-0.15, -0.1) is 0 Å². The molecule has 1 saturated carbocycles. The molecule has 1 aromatic carbocycles. The zero-order valence-electron chi connectivity index (χ0n) is 13.8. The van der Waals surface area contributed by atoms with Gasteiger partial charge in [-0.1, -0.05) is 30.5 Å². The number of nitrogens with zero attached hydrogens (tertiary/aromatic N) is 1. The number of ether oxygens (including phenoxy) is 1. The minimum absolute atomic E-state index is 0.147. The van der Waals surface area contributed by atoms with E-state index in [1.165, 1.54) is 19.1 Å². The number of imide groups is 1. The molecule has 3 atom stereocenters. The first-order chi connectivity index (χ1) is 11.9. The monoisotopic (exact) mass is 367 g/mol. The van der Waals surface area contributed by atoms with Crippen LogP contribution < -0.4 is 0 Å². The maximum atomic E-state index is 13.0. The number of likely N-dealkylation sites (tertiary alicyclic amines) is 1. The third-order valence-electron chi connectivity index (χ3n) is 4.99. The highest BCUT2D eigenvalue weighted by Crippen LogP contribution is 2.39. The predicted octanol–water partition coefficient (Wildman–Crippen LogP) is 3.09. The van der Waals surface area contributed by atoms with Crippen molar-refractivity contribution in [1.82, 2.24) is 4.90 Å². The lowest BCUT2D eigenvalue weighted by Crippen LogP contribution is -2.44. The van der Waals surface area contributed by atoms with Crippen molar-refractivity contribution < 1.29 is 23.5 Å². The van der Waals surface area contributed by atoms with Crippen LogP contribution in [0.5, 0.6) is 0 Å². The van der Waals surface area contributed by atoms with Gasteiger partial charge in [0, 0.05) is 5.56 Å². The standard InChI is InChI=1S/C18H19ClFNO4/c1-10(18(24)25-9-11-6-7-12(20)8-15(11)19)21-16(22)13-4-2-3-5-14(13)17(21)23/h6-8,10,13-14H,2-5,9H2,1H3/t10-,13?,14?/m0/s1. The Morgan fingerprint density at radius 2 is 1.88 bits per heavy atom. The molecule has 0 N–H and O–H groups in total. The summed E-state index contributed by atoms with van der Waals surface area (Å²) in [5, 5.41) is 0.153. The van der Waals surface area contributed by atoms with E-state index in [1.54, 1.807) is 0 Å². The molecule has 1 aliphatic carbocycles. The van der Waals surface area contributed by atoms with Crippen molar-refractivity contribution in [2.75, 3.05) is 0 Å². The first-order valence-corrected chi connectivity index (χ1v) is 8.75. The normalized spacial score (nSPS) is 24.2. The van der Waals surface area contributed by atoms with E-state index in [9.17, 15) is 18.8 Å². The van der Waals surface area contributed by atoms with Gasteiger partial charge < -0.3 is 4.74 Å². The zero-order chi connectivity index (χ0) is 18.1. The fourth-order valence-electron chi connectivity index (χ4n) is 3.58. The fourth-order valence-corrected chi connectivity index (χ4v) is 3.81. The Bertz CT molecular complexity index is 699. The summed E-state index contributed by atoms with van der Waals surface area (Å²) in [5.74, 6) is -2.32. The Balaban J connectivity index is 1.66. The van der Waals surface area contributed by atoms with Crippen LogP contribution in [0.1, 0.15) is 38.2 Å². The fraction of sp³-hybridized carbons (Fsp3) is 0.500. The molecule has 1 aliphatic heterocycles. The maximum absolute atomic E-state index is 13.0. The molecule has 0 bridgehead atoms. The van der Waals surface area contributed by atoms with Gasteiger partial charge in [0.25, 0.3) is 0 Å². The Morgan fingerprint density at radius 3 is 2.44 bits per heavy atom. The molecule has 1 saturated heterocycles. The lowest BCUT2D eigenvalue weighted by Gasteiger charge is -2.21. The Hall–Kier alpha value is -1.95. The number of benzene rings is 1. The van der Waals surface area contributed by atoms with Crippen molar-refractivity contribution in [3.05, 3.63) is 34.6 Å². The maximum Gasteiger partial charge on any atom is 0.329 e. The van der Waals surface area contributed by atoms with Gasteiger partial charge in [0.05, 0.1) is 16.9 Å². The quantitative estimate of drug-likeness (QED) is 0.606. The zero-order valence-corrected chi connectivity index (χ0v) is 14.6. The van der Waals surface area contributed by atoms with Crippen LogP contribution in [0.4, 0.5) is 4.39 Å². The number of hydrogen-bond acceptors (Lipinski definition) is 4. The molecule has 2 fully saturated rings. The molecule has 7 heteroatoms. The van der Waals surface area contributed by atoms with Crippen LogP contribution in [0.15, 0.2) is 18.2 Å². The van der Waals surface area contributed by atoms with Crippen LogP contribution in [-0.2, 0) is 25.7 Å². The first-order valence-electron chi connectivity index (χ1n) is 8.37.